The van der Waals surface area contributed by atoms with Gasteiger partial charge in [0.1, 0.15) is 16.8 Å². The van der Waals surface area contributed by atoms with E-state index in [1.165, 1.54) is 27.4 Å². The SMILES string of the molecule is Cc1ccc(N[P+](Cc2ccccc2)(c2ccccc2)c2ccccc2)cc1.[Br-]. The number of rotatable bonds is 6. The third kappa shape index (κ3) is 4.96. The Kier molecular flexibility index (Phi) is 7.25. The molecule has 0 radical (unpaired) electrons. The molecule has 0 aliphatic rings. The smallest absolute Gasteiger partial charge is 0.171 e. The van der Waals surface area contributed by atoms with Gasteiger partial charge in [-0.15, -0.1) is 0 Å². The van der Waals surface area contributed by atoms with Crippen LogP contribution in [0.5, 0.6) is 0 Å². The summed E-state index contributed by atoms with van der Waals surface area (Å²) in [6, 6.07) is 41.4. The minimum absolute atomic E-state index is 0. The zero-order chi connectivity index (χ0) is 19.2. The zero-order valence-electron chi connectivity index (χ0n) is 16.5. The predicted octanol–water partition coefficient (Wildman–Crippen LogP) is 3.19. The maximum absolute atomic E-state index is 4.01. The molecule has 0 saturated heterocycles. The van der Waals surface area contributed by atoms with E-state index in [-0.39, 0.29) is 17.0 Å². The highest BCUT2D eigenvalue weighted by molar-refractivity contribution is 7.90. The van der Waals surface area contributed by atoms with Crippen LogP contribution in [-0.2, 0) is 6.16 Å². The van der Waals surface area contributed by atoms with Crippen LogP contribution < -0.4 is 32.7 Å². The van der Waals surface area contributed by atoms with Crippen molar-refractivity contribution in [3.63, 3.8) is 0 Å². The summed E-state index contributed by atoms with van der Waals surface area (Å²) in [6.07, 6.45) is 0.968. The number of halogens is 1. The Bertz CT molecular complexity index is 963. The van der Waals surface area contributed by atoms with Crippen LogP contribution in [0.2, 0.25) is 0 Å². The van der Waals surface area contributed by atoms with E-state index in [0.29, 0.717) is 0 Å². The molecule has 4 aromatic carbocycles. The lowest BCUT2D eigenvalue weighted by molar-refractivity contribution is -0.00000557. The lowest BCUT2D eigenvalue weighted by Gasteiger charge is -2.29. The molecule has 0 unspecified atom stereocenters. The molecule has 0 heterocycles. The molecule has 1 nitrogen and oxygen atoms in total. The van der Waals surface area contributed by atoms with Crippen LogP contribution in [-0.4, -0.2) is 0 Å². The summed E-state index contributed by atoms with van der Waals surface area (Å²) in [5.74, 6) is 0. The van der Waals surface area contributed by atoms with Gasteiger partial charge < -0.3 is 17.0 Å². The Labute approximate surface area is 185 Å². The second-order valence-corrected chi connectivity index (χ2v) is 10.3. The van der Waals surface area contributed by atoms with Gasteiger partial charge in [-0.3, -0.25) is 5.09 Å². The average molecular weight is 462 g/mol. The third-order valence-electron chi connectivity index (χ3n) is 5.03. The van der Waals surface area contributed by atoms with Crippen LogP contribution in [0.4, 0.5) is 5.69 Å². The maximum Gasteiger partial charge on any atom is 0.171 e. The number of benzene rings is 4. The molecule has 29 heavy (non-hydrogen) atoms. The van der Waals surface area contributed by atoms with Crippen molar-refractivity contribution in [1.29, 1.82) is 0 Å². The van der Waals surface area contributed by atoms with E-state index in [1.54, 1.807) is 0 Å². The van der Waals surface area contributed by atoms with Gasteiger partial charge in [-0.1, -0.05) is 84.4 Å². The van der Waals surface area contributed by atoms with Gasteiger partial charge in [-0.2, -0.15) is 0 Å². The standard InChI is InChI=1S/C26H25NP.BrH/c1-22-17-19-24(20-18-22)27-28(25-13-7-3-8-14-25,26-15-9-4-10-16-26)21-23-11-5-2-6-12-23;/h2-20,27H,21H2,1H3;1H/q+1;/p-1. The van der Waals surface area contributed by atoms with E-state index < -0.39 is 7.41 Å². The van der Waals surface area contributed by atoms with Crippen LogP contribution in [0, 0.1) is 6.92 Å². The van der Waals surface area contributed by atoms with Crippen LogP contribution in [0.15, 0.2) is 115 Å². The molecule has 3 heteroatoms. The molecule has 0 aliphatic carbocycles. The Morgan fingerprint density at radius 3 is 1.52 bits per heavy atom. The normalized spacial score (nSPS) is 10.8. The number of anilines is 1. The van der Waals surface area contributed by atoms with Crippen molar-refractivity contribution in [1.82, 2.24) is 0 Å². The second-order valence-electron chi connectivity index (χ2n) is 7.10. The van der Waals surface area contributed by atoms with Gasteiger partial charge in [0.15, 0.2) is 7.41 Å². The molecule has 0 aromatic heterocycles. The first-order chi connectivity index (χ1) is 13.8. The molecule has 0 amide bonds. The lowest BCUT2D eigenvalue weighted by Crippen LogP contribution is -3.00. The van der Waals surface area contributed by atoms with Gasteiger partial charge in [-0.05, 0) is 48.9 Å². The van der Waals surface area contributed by atoms with E-state index in [4.69, 9.17) is 0 Å². The van der Waals surface area contributed by atoms with Crippen molar-refractivity contribution < 1.29 is 17.0 Å². The summed E-state index contributed by atoms with van der Waals surface area (Å²) >= 11 is 0. The quantitative estimate of drug-likeness (QED) is 0.434. The third-order valence-corrected chi connectivity index (χ3v) is 8.87. The van der Waals surface area contributed by atoms with Crippen LogP contribution in [0.1, 0.15) is 11.1 Å². The highest BCUT2D eigenvalue weighted by Gasteiger charge is 2.43. The lowest BCUT2D eigenvalue weighted by atomic mass is 10.2. The van der Waals surface area contributed by atoms with E-state index in [9.17, 15) is 0 Å². The molecule has 4 aromatic rings. The fraction of sp³-hybridized carbons (Fsp3) is 0.0769. The maximum atomic E-state index is 4.01. The predicted molar refractivity (Wildman–Crippen MR) is 124 cm³/mol. The number of nitrogens with one attached hydrogen (secondary N) is 1. The summed E-state index contributed by atoms with van der Waals surface area (Å²) in [7, 11) is -1.91. The van der Waals surface area contributed by atoms with Crippen molar-refractivity contribution in [3.8, 4) is 0 Å². The van der Waals surface area contributed by atoms with Gasteiger partial charge >= 0.3 is 0 Å². The van der Waals surface area contributed by atoms with Gasteiger partial charge in [0, 0.05) is 0 Å². The van der Waals surface area contributed by atoms with Gasteiger partial charge in [-0.25, -0.2) is 0 Å². The minimum Gasteiger partial charge on any atom is -1.00 e. The van der Waals surface area contributed by atoms with Crippen molar-refractivity contribution in [2.45, 2.75) is 13.1 Å². The van der Waals surface area contributed by atoms with Crippen molar-refractivity contribution >= 4 is 23.7 Å². The molecule has 4 rings (SSSR count). The van der Waals surface area contributed by atoms with Gasteiger partial charge in [0.2, 0.25) is 0 Å². The van der Waals surface area contributed by atoms with Crippen molar-refractivity contribution in [3.05, 3.63) is 126 Å². The monoisotopic (exact) mass is 461 g/mol. The molecule has 0 bridgehead atoms. The molecule has 0 aliphatic heterocycles. The number of aryl methyl sites for hydroxylation is 1. The van der Waals surface area contributed by atoms with E-state index in [1.807, 2.05) is 0 Å². The Hall–Kier alpha value is -2.41. The van der Waals surface area contributed by atoms with Crippen LogP contribution in [0.25, 0.3) is 0 Å². The fourth-order valence-electron chi connectivity index (χ4n) is 3.57. The Morgan fingerprint density at radius 2 is 1.03 bits per heavy atom. The fourth-order valence-corrected chi connectivity index (χ4v) is 7.28. The topological polar surface area (TPSA) is 12.0 Å². The first-order valence-electron chi connectivity index (χ1n) is 9.64. The number of hydrogen-bond acceptors (Lipinski definition) is 1. The summed E-state index contributed by atoms with van der Waals surface area (Å²) in [4.78, 5) is 0. The first kappa shape index (κ1) is 21.3. The zero-order valence-corrected chi connectivity index (χ0v) is 19.0. The summed E-state index contributed by atoms with van der Waals surface area (Å²) < 4.78 is 0. The van der Waals surface area contributed by atoms with Crippen molar-refractivity contribution in [2.24, 2.45) is 0 Å². The van der Waals surface area contributed by atoms with Gasteiger partial charge in [0.05, 0.1) is 5.69 Å². The first-order valence-corrected chi connectivity index (χ1v) is 11.6. The molecule has 0 atom stereocenters. The largest absolute Gasteiger partial charge is 1.00 e. The highest BCUT2D eigenvalue weighted by Crippen LogP contribution is 2.58. The molecule has 1 N–H and O–H groups in total. The summed E-state index contributed by atoms with van der Waals surface area (Å²) in [6.45, 7) is 2.13. The van der Waals surface area contributed by atoms with E-state index in [2.05, 4.69) is 127 Å². The van der Waals surface area contributed by atoms with Gasteiger partial charge in [0.25, 0.3) is 0 Å². The highest BCUT2D eigenvalue weighted by atomic mass is 79.9. The van der Waals surface area contributed by atoms with Crippen molar-refractivity contribution in [2.75, 3.05) is 5.09 Å². The molecule has 0 spiro atoms. The Balaban J connectivity index is 0.00000240. The average Bonchev–Trinajstić information content (AvgIpc) is 2.77. The molecular formula is C26H25BrNP. The molecule has 0 saturated carbocycles. The minimum atomic E-state index is -1.91. The van der Waals surface area contributed by atoms with Crippen LogP contribution >= 0.6 is 7.41 Å². The molecule has 146 valence electrons. The molecular weight excluding hydrogens is 437 g/mol. The van der Waals surface area contributed by atoms with E-state index >= 15 is 0 Å². The Morgan fingerprint density at radius 1 is 0.586 bits per heavy atom. The molecule has 0 fully saturated rings. The summed E-state index contributed by atoms with van der Waals surface area (Å²) in [5.41, 5.74) is 3.79. The van der Waals surface area contributed by atoms with Crippen LogP contribution in [0.3, 0.4) is 0 Å². The number of hydrogen-bond donors (Lipinski definition) is 1. The second kappa shape index (κ2) is 9.87. The van der Waals surface area contributed by atoms with E-state index in [0.717, 1.165) is 6.16 Å². The summed E-state index contributed by atoms with van der Waals surface area (Å²) in [5, 5.41) is 6.74.